The van der Waals surface area contributed by atoms with Crippen molar-refractivity contribution in [2.75, 3.05) is 36.0 Å². The Morgan fingerprint density at radius 2 is 1.82 bits per heavy atom. The molecule has 2 aliphatic rings. The molecule has 2 aromatic carbocycles. The van der Waals surface area contributed by atoms with Crippen LogP contribution in [0.4, 0.5) is 15.8 Å². The molecule has 0 bridgehead atoms. The summed E-state index contributed by atoms with van der Waals surface area (Å²) in [6.07, 6.45) is 1.53. The second kappa shape index (κ2) is 10.3. The lowest BCUT2D eigenvalue weighted by molar-refractivity contribution is -0.137. The first-order valence-corrected chi connectivity index (χ1v) is 11.5. The lowest BCUT2D eigenvalue weighted by Gasteiger charge is -2.34. The first kappa shape index (κ1) is 23.2. The van der Waals surface area contributed by atoms with Gasteiger partial charge in [0.05, 0.1) is 24.8 Å². The molecule has 0 saturated carbocycles. The maximum Gasteiger partial charge on any atom is 0.305 e. The topological polar surface area (TPSA) is 82.5 Å². The van der Waals surface area contributed by atoms with Gasteiger partial charge in [0.2, 0.25) is 0 Å². The lowest BCUT2D eigenvalue weighted by Crippen LogP contribution is -2.38. The van der Waals surface area contributed by atoms with E-state index >= 15 is 0 Å². The molecule has 2 atom stereocenters. The van der Waals surface area contributed by atoms with Crippen LogP contribution in [0.1, 0.15) is 32.6 Å². The van der Waals surface area contributed by atoms with Gasteiger partial charge in [-0.1, -0.05) is 0 Å². The van der Waals surface area contributed by atoms with Crippen LogP contribution >= 0.6 is 0 Å². The van der Waals surface area contributed by atoms with Crippen molar-refractivity contribution in [2.45, 2.75) is 50.9 Å². The van der Waals surface area contributed by atoms with Crippen LogP contribution in [0.25, 0.3) is 0 Å². The van der Waals surface area contributed by atoms with Crippen LogP contribution in [0.15, 0.2) is 42.5 Å². The number of β-amino-alcohol motifs (C(OH)–C–C–N with tert-alkyl or cyclic N) is 1. The number of anilines is 2. The van der Waals surface area contributed by atoms with E-state index in [1.165, 1.54) is 6.07 Å². The predicted octanol–water partition coefficient (Wildman–Crippen LogP) is 3.69. The number of rotatable bonds is 8. The third-order valence-corrected chi connectivity index (χ3v) is 6.29. The number of piperidine rings is 1. The Hall–Kier alpha value is -3.00. The predicted molar refractivity (Wildman–Crippen MR) is 124 cm³/mol. The number of carbonyl (C=O) groups is 1. The number of ether oxygens (including phenoxy) is 2. The maximum atomic E-state index is 14.3. The van der Waals surface area contributed by atoms with Crippen LogP contribution in [-0.2, 0) is 4.79 Å². The minimum atomic E-state index is -0.866. The zero-order chi connectivity index (χ0) is 23.4. The molecule has 0 amide bonds. The molecule has 178 valence electrons. The van der Waals surface area contributed by atoms with E-state index in [4.69, 9.17) is 14.6 Å². The van der Waals surface area contributed by atoms with Gasteiger partial charge in [-0.15, -0.1) is 0 Å². The van der Waals surface area contributed by atoms with Gasteiger partial charge in [0.1, 0.15) is 23.4 Å². The van der Waals surface area contributed by atoms with Crippen LogP contribution in [0, 0.1) is 5.82 Å². The molecule has 2 heterocycles. The summed E-state index contributed by atoms with van der Waals surface area (Å²) in [5.41, 5.74) is 1.44. The number of halogens is 1. The molecule has 0 aliphatic carbocycles. The third-order valence-electron chi connectivity index (χ3n) is 6.29. The third kappa shape index (κ3) is 5.68. The number of hydrogen-bond donors (Lipinski definition) is 2. The minimum Gasteiger partial charge on any atom is -0.494 e. The van der Waals surface area contributed by atoms with E-state index in [-0.39, 0.29) is 24.4 Å². The molecule has 0 aromatic heterocycles. The van der Waals surface area contributed by atoms with E-state index in [0.29, 0.717) is 44.1 Å². The molecule has 0 spiro atoms. The monoisotopic (exact) mass is 458 g/mol. The fraction of sp³-hybridized carbons (Fsp3) is 0.480. The summed E-state index contributed by atoms with van der Waals surface area (Å²) in [6.45, 7) is 4.26. The number of carboxylic acid groups (broad SMARTS) is 1. The van der Waals surface area contributed by atoms with Gasteiger partial charge in [-0.25, -0.2) is 4.39 Å². The number of aliphatic carboxylic acids is 1. The molecule has 2 N–H and O–H groups in total. The molecule has 2 saturated heterocycles. The largest absolute Gasteiger partial charge is 0.494 e. The summed E-state index contributed by atoms with van der Waals surface area (Å²) >= 11 is 0. The summed E-state index contributed by atoms with van der Waals surface area (Å²) < 4.78 is 26.0. The fourth-order valence-corrected chi connectivity index (χ4v) is 4.72. The van der Waals surface area contributed by atoms with Gasteiger partial charge < -0.3 is 29.5 Å². The van der Waals surface area contributed by atoms with Gasteiger partial charge in [0.25, 0.3) is 0 Å². The van der Waals surface area contributed by atoms with Crippen molar-refractivity contribution in [2.24, 2.45) is 0 Å². The number of benzene rings is 2. The normalized spacial score (nSPS) is 21.3. The Balaban J connectivity index is 1.33. The Morgan fingerprint density at radius 1 is 1.12 bits per heavy atom. The Kier molecular flexibility index (Phi) is 7.23. The summed E-state index contributed by atoms with van der Waals surface area (Å²) in [4.78, 5) is 15.1. The summed E-state index contributed by atoms with van der Waals surface area (Å²) in [5, 5.41) is 19.1. The molecule has 2 aromatic rings. The van der Waals surface area contributed by atoms with Crippen LogP contribution in [0.2, 0.25) is 0 Å². The lowest BCUT2D eigenvalue weighted by atomic mass is 10.1. The van der Waals surface area contributed by atoms with Crippen molar-refractivity contribution in [3.05, 3.63) is 48.3 Å². The van der Waals surface area contributed by atoms with Crippen LogP contribution in [-0.4, -0.2) is 60.7 Å². The second-order valence-corrected chi connectivity index (χ2v) is 8.64. The molecule has 33 heavy (non-hydrogen) atoms. The molecule has 2 fully saturated rings. The zero-order valence-corrected chi connectivity index (χ0v) is 18.8. The molecular formula is C25H31FN2O5. The van der Waals surface area contributed by atoms with Gasteiger partial charge in [-0.05, 0) is 49.7 Å². The van der Waals surface area contributed by atoms with Crippen LogP contribution in [0.3, 0.4) is 0 Å². The molecule has 0 radical (unpaired) electrons. The highest BCUT2D eigenvalue weighted by Crippen LogP contribution is 2.31. The van der Waals surface area contributed by atoms with Gasteiger partial charge in [0, 0.05) is 50.3 Å². The van der Waals surface area contributed by atoms with Crippen molar-refractivity contribution in [1.82, 2.24) is 0 Å². The Labute approximate surface area is 193 Å². The Morgan fingerprint density at radius 3 is 2.48 bits per heavy atom. The first-order valence-electron chi connectivity index (χ1n) is 11.5. The van der Waals surface area contributed by atoms with Gasteiger partial charge in [-0.2, -0.15) is 0 Å². The average Bonchev–Trinajstić information content (AvgIpc) is 3.15. The van der Waals surface area contributed by atoms with E-state index < -0.39 is 12.1 Å². The van der Waals surface area contributed by atoms with Crippen LogP contribution in [0.5, 0.6) is 11.5 Å². The summed E-state index contributed by atoms with van der Waals surface area (Å²) in [7, 11) is 0. The molecule has 2 aliphatic heterocycles. The van der Waals surface area contributed by atoms with Crippen molar-refractivity contribution < 1.29 is 28.9 Å². The van der Waals surface area contributed by atoms with E-state index in [0.717, 1.165) is 24.3 Å². The smallest absolute Gasteiger partial charge is 0.305 e. The number of hydrogen-bond acceptors (Lipinski definition) is 6. The van der Waals surface area contributed by atoms with Crippen LogP contribution < -0.4 is 19.3 Å². The number of carboxylic acids is 1. The molecule has 4 rings (SSSR count). The SMILES string of the molecule is CCOc1ccc(F)c(N2CCC(Oc3ccc(N4C[C@@H](O)C[C@@H]4CC(=O)O)cc3)CC2)c1. The molecular weight excluding hydrogens is 427 g/mol. The second-order valence-electron chi connectivity index (χ2n) is 8.64. The Bertz CT molecular complexity index is 946. The van der Waals surface area contributed by atoms with Gasteiger partial charge in [0.15, 0.2) is 0 Å². The van der Waals surface area contributed by atoms with E-state index in [9.17, 15) is 14.3 Å². The molecule has 0 unspecified atom stereocenters. The first-order chi connectivity index (χ1) is 15.9. The number of aliphatic hydroxyl groups is 1. The highest BCUT2D eigenvalue weighted by molar-refractivity contribution is 5.69. The molecule has 8 heteroatoms. The van der Waals surface area contributed by atoms with Gasteiger partial charge in [-0.3, -0.25) is 4.79 Å². The number of nitrogens with zero attached hydrogens (tertiary/aromatic N) is 2. The standard InChI is InChI=1S/C25H31FN2O5/c1-2-32-22-7-8-23(26)24(15-22)27-11-9-21(10-12-27)33-20-5-3-17(4-6-20)28-16-19(29)13-18(28)14-25(30)31/h3-8,15,18-19,21,29H,2,9-14,16H2,1H3,(H,30,31)/t18-,19+/m1/s1. The quantitative estimate of drug-likeness (QED) is 0.624. The fourth-order valence-electron chi connectivity index (χ4n) is 4.72. The summed E-state index contributed by atoms with van der Waals surface area (Å²) in [6, 6.07) is 12.2. The highest BCUT2D eigenvalue weighted by atomic mass is 19.1. The summed E-state index contributed by atoms with van der Waals surface area (Å²) in [5.74, 6) is 0.302. The van der Waals surface area contributed by atoms with E-state index in [1.54, 1.807) is 12.1 Å². The average molecular weight is 459 g/mol. The van der Waals surface area contributed by atoms with Crippen molar-refractivity contribution in [3.8, 4) is 11.5 Å². The van der Waals surface area contributed by atoms with Crippen molar-refractivity contribution in [1.29, 1.82) is 0 Å². The van der Waals surface area contributed by atoms with Crippen molar-refractivity contribution >= 4 is 17.3 Å². The van der Waals surface area contributed by atoms with E-state index in [1.807, 2.05) is 41.0 Å². The van der Waals surface area contributed by atoms with Gasteiger partial charge >= 0.3 is 5.97 Å². The molecule has 7 nitrogen and oxygen atoms in total. The highest BCUT2D eigenvalue weighted by Gasteiger charge is 2.32. The zero-order valence-electron chi connectivity index (χ0n) is 18.8. The van der Waals surface area contributed by atoms with Crippen molar-refractivity contribution in [3.63, 3.8) is 0 Å². The van der Waals surface area contributed by atoms with E-state index in [2.05, 4.69) is 0 Å². The number of aliphatic hydroxyl groups excluding tert-OH is 1. The maximum absolute atomic E-state index is 14.3. The minimum absolute atomic E-state index is 0.00194.